The van der Waals surface area contributed by atoms with Crippen LogP contribution in [-0.2, 0) is 0 Å². The highest BCUT2D eigenvalue weighted by Crippen LogP contribution is 2.18. The van der Waals surface area contributed by atoms with Crippen LogP contribution in [0.3, 0.4) is 0 Å². The lowest BCUT2D eigenvalue weighted by Gasteiger charge is -2.17. The molecule has 29 heavy (non-hydrogen) atoms. The molecule has 0 fully saturated rings. The topological polar surface area (TPSA) is 92.7 Å². The molecule has 4 aromatic rings. The first-order valence-electron chi connectivity index (χ1n) is 9.42. The van der Waals surface area contributed by atoms with Crippen LogP contribution >= 0.6 is 0 Å². The smallest absolute Gasteiger partial charge is 0.275 e. The van der Waals surface area contributed by atoms with E-state index in [2.05, 4.69) is 20.4 Å². The quantitative estimate of drug-likeness (QED) is 0.548. The lowest BCUT2D eigenvalue weighted by Crippen LogP contribution is -2.28. The SMILES string of the molecule is C[C@H](Nc1nc([C@H](C)n2ncc3ccccc3c2=O)cc(=O)[nH]1)c1ccccc1. The van der Waals surface area contributed by atoms with Gasteiger partial charge in [0, 0.05) is 11.5 Å². The fourth-order valence-corrected chi connectivity index (χ4v) is 3.29. The van der Waals surface area contributed by atoms with Crippen LogP contribution in [0.2, 0.25) is 0 Å². The lowest BCUT2D eigenvalue weighted by atomic mass is 10.1. The summed E-state index contributed by atoms with van der Waals surface area (Å²) >= 11 is 0. The maximum absolute atomic E-state index is 12.8. The fourth-order valence-electron chi connectivity index (χ4n) is 3.29. The number of hydrogen-bond acceptors (Lipinski definition) is 5. The van der Waals surface area contributed by atoms with Gasteiger partial charge in [-0.25, -0.2) is 9.67 Å². The van der Waals surface area contributed by atoms with Gasteiger partial charge in [-0.2, -0.15) is 5.10 Å². The molecule has 2 N–H and O–H groups in total. The molecule has 2 heterocycles. The van der Waals surface area contributed by atoms with Gasteiger partial charge in [0.2, 0.25) is 5.95 Å². The van der Waals surface area contributed by atoms with Crippen molar-refractivity contribution < 1.29 is 0 Å². The predicted molar refractivity (Wildman–Crippen MR) is 113 cm³/mol. The maximum Gasteiger partial charge on any atom is 0.275 e. The second-order valence-corrected chi connectivity index (χ2v) is 6.95. The molecule has 0 aliphatic carbocycles. The van der Waals surface area contributed by atoms with E-state index in [1.165, 1.54) is 10.7 Å². The molecule has 0 radical (unpaired) electrons. The number of anilines is 1. The molecule has 4 rings (SSSR count). The number of aromatic nitrogens is 4. The number of aromatic amines is 1. The highest BCUT2D eigenvalue weighted by atomic mass is 16.1. The van der Waals surface area contributed by atoms with E-state index in [1.54, 1.807) is 19.2 Å². The van der Waals surface area contributed by atoms with Gasteiger partial charge in [-0.15, -0.1) is 0 Å². The van der Waals surface area contributed by atoms with E-state index < -0.39 is 6.04 Å². The van der Waals surface area contributed by atoms with E-state index >= 15 is 0 Å². The average Bonchev–Trinajstić information content (AvgIpc) is 2.74. The van der Waals surface area contributed by atoms with Gasteiger partial charge >= 0.3 is 0 Å². The maximum atomic E-state index is 12.8. The molecular weight excluding hydrogens is 366 g/mol. The summed E-state index contributed by atoms with van der Waals surface area (Å²) in [7, 11) is 0. The van der Waals surface area contributed by atoms with Gasteiger partial charge in [0.1, 0.15) is 0 Å². The molecule has 0 bridgehead atoms. The summed E-state index contributed by atoms with van der Waals surface area (Å²) in [4.78, 5) is 32.3. The van der Waals surface area contributed by atoms with Crippen molar-refractivity contribution in [2.75, 3.05) is 5.32 Å². The molecule has 0 spiro atoms. The second-order valence-electron chi connectivity index (χ2n) is 6.95. The van der Waals surface area contributed by atoms with E-state index in [9.17, 15) is 9.59 Å². The van der Waals surface area contributed by atoms with Gasteiger partial charge in [0.25, 0.3) is 11.1 Å². The molecule has 0 unspecified atom stereocenters. The number of rotatable bonds is 5. The Bertz CT molecular complexity index is 1260. The number of hydrogen-bond donors (Lipinski definition) is 2. The van der Waals surface area contributed by atoms with Gasteiger partial charge in [0.15, 0.2) is 0 Å². The van der Waals surface area contributed by atoms with Crippen LogP contribution in [0, 0.1) is 0 Å². The first-order valence-corrected chi connectivity index (χ1v) is 9.42. The van der Waals surface area contributed by atoms with E-state index in [-0.39, 0.29) is 17.2 Å². The molecule has 0 saturated carbocycles. The van der Waals surface area contributed by atoms with Crippen molar-refractivity contribution in [1.29, 1.82) is 0 Å². The van der Waals surface area contributed by atoms with Gasteiger partial charge in [-0.3, -0.25) is 14.6 Å². The lowest BCUT2D eigenvalue weighted by molar-refractivity contribution is 0.524. The highest BCUT2D eigenvalue weighted by molar-refractivity contribution is 5.80. The Kier molecular flexibility index (Phi) is 4.95. The fraction of sp³-hybridized carbons (Fsp3) is 0.182. The number of benzene rings is 2. The Balaban J connectivity index is 1.68. The van der Waals surface area contributed by atoms with Crippen molar-refractivity contribution in [2.45, 2.75) is 25.9 Å². The molecule has 7 nitrogen and oxygen atoms in total. The number of nitrogens with zero attached hydrogens (tertiary/aromatic N) is 3. The third kappa shape index (κ3) is 3.80. The Morgan fingerprint density at radius 2 is 1.72 bits per heavy atom. The van der Waals surface area contributed by atoms with Crippen LogP contribution in [0.4, 0.5) is 5.95 Å². The van der Waals surface area contributed by atoms with Crippen molar-refractivity contribution in [3.05, 3.63) is 98.8 Å². The Morgan fingerprint density at radius 1 is 1.00 bits per heavy atom. The Labute approximate surface area is 167 Å². The molecule has 2 atom stereocenters. The van der Waals surface area contributed by atoms with Gasteiger partial charge in [0.05, 0.1) is 29.4 Å². The zero-order chi connectivity index (χ0) is 20.4. The first kappa shape index (κ1) is 18.6. The predicted octanol–water partition coefficient (Wildman–Crippen LogP) is 3.26. The van der Waals surface area contributed by atoms with Crippen LogP contribution in [0.5, 0.6) is 0 Å². The first-order chi connectivity index (χ1) is 14.0. The molecule has 2 aromatic carbocycles. The average molecular weight is 387 g/mol. The number of H-pyrrole nitrogens is 1. The van der Waals surface area contributed by atoms with Crippen molar-refractivity contribution in [2.24, 2.45) is 0 Å². The molecule has 0 amide bonds. The van der Waals surface area contributed by atoms with Crippen LogP contribution in [0.15, 0.2) is 76.4 Å². The number of fused-ring (bicyclic) bond motifs is 1. The zero-order valence-electron chi connectivity index (χ0n) is 16.2. The zero-order valence-corrected chi connectivity index (χ0v) is 16.2. The van der Waals surface area contributed by atoms with E-state index in [4.69, 9.17) is 0 Å². The molecule has 7 heteroatoms. The minimum atomic E-state index is -0.498. The molecule has 0 aliphatic rings. The summed E-state index contributed by atoms with van der Waals surface area (Å²) in [5.74, 6) is 0.351. The minimum Gasteiger partial charge on any atom is -0.349 e. The molecule has 0 saturated heterocycles. The minimum absolute atomic E-state index is 0.0496. The van der Waals surface area contributed by atoms with Crippen molar-refractivity contribution in [3.8, 4) is 0 Å². The summed E-state index contributed by atoms with van der Waals surface area (Å²) in [6.07, 6.45) is 1.65. The summed E-state index contributed by atoms with van der Waals surface area (Å²) in [6, 6.07) is 18.0. The van der Waals surface area contributed by atoms with Crippen molar-refractivity contribution >= 4 is 16.7 Å². The van der Waals surface area contributed by atoms with E-state index in [1.807, 2.05) is 55.5 Å². The van der Waals surface area contributed by atoms with Crippen LogP contribution in [0.1, 0.15) is 37.2 Å². The third-order valence-electron chi connectivity index (χ3n) is 4.93. The summed E-state index contributed by atoms with van der Waals surface area (Å²) in [6.45, 7) is 3.79. The molecule has 146 valence electrons. The van der Waals surface area contributed by atoms with E-state index in [0.717, 1.165) is 10.9 Å². The van der Waals surface area contributed by atoms with Crippen LogP contribution < -0.4 is 16.4 Å². The van der Waals surface area contributed by atoms with Gasteiger partial charge in [-0.1, -0.05) is 48.5 Å². The van der Waals surface area contributed by atoms with E-state index in [0.29, 0.717) is 17.0 Å². The second kappa shape index (κ2) is 7.71. The van der Waals surface area contributed by atoms with Crippen LogP contribution in [0.25, 0.3) is 10.8 Å². The third-order valence-corrected chi connectivity index (χ3v) is 4.93. The Morgan fingerprint density at radius 3 is 2.52 bits per heavy atom. The monoisotopic (exact) mass is 387 g/mol. The largest absolute Gasteiger partial charge is 0.349 e. The standard InChI is InChI=1S/C22H21N5O2/c1-14(16-8-4-3-5-9-16)24-22-25-19(12-20(28)26-22)15(2)27-21(29)18-11-7-6-10-17(18)13-23-27/h3-15H,1-2H3,(H2,24,25,26,28)/t14-,15-/m0/s1. The molecular formula is C22H21N5O2. The summed E-state index contributed by atoms with van der Waals surface area (Å²) in [5, 5.41) is 8.85. The normalized spacial score (nSPS) is 13.2. The van der Waals surface area contributed by atoms with Crippen molar-refractivity contribution in [3.63, 3.8) is 0 Å². The highest BCUT2D eigenvalue weighted by Gasteiger charge is 2.16. The molecule has 2 aromatic heterocycles. The number of nitrogens with one attached hydrogen (secondary N) is 2. The van der Waals surface area contributed by atoms with Crippen LogP contribution in [-0.4, -0.2) is 19.7 Å². The summed E-state index contributed by atoms with van der Waals surface area (Å²) < 4.78 is 1.36. The Hall–Kier alpha value is -3.74. The van der Waals surface area contributed by atoms with Gasteiger partial charge < -0.3 is 5.32 Å². The van der Waals surface area contributed by atoms with Crippen molar-refractivity contribution in [1.82, 2.24) is 19.7 Å². The van der Waals surface area contributed by atoms with Gasteiger partial charge in [-0.05, 0) is 25.5 Å². The summed E-state index contributed by atoms with van der Waals surface area (Å²) in [5.41, 5.74) is 1.02. The molecule has 0 aliphatic heterocycles.